The smallest absolute Gasteiger partial charge is 0.178 e. The topological polar surface area (TPSA) is 75.6 Å². The van der Waals surface area contributed by atoms with Gasteiger partial charge in [-0.1, -0.05) is 5.16 Å². The molecule has 4 rings (SSSR count). The third-order valence-electron chi connectivity index (χ3n) is 4.12. The third-order valence-corrected chi connectivity index (χ3v) is 4.12. The van der Waals surface area contributed by atoms with Gasteiger partial charge >= 0.3 is 0 Å². The molecule has 0 spiro atoms. The molecule has 8 nitrogen and oxygen atoms in total. The number of hydrogen-bond donors (Lipinski definition) is 0. The molecule has 0 aliphatic carbocycles. The van der Waals surface area contributed by atoms with Crippen molar-refractivity contribution in [3.63, 3.8) is 0 Å². The molecule has 0 atom stereocenters. The molecule has 3 aromatic rings. The lowest BCUT2D eigenvalue weighted by Gasteiger charge is -2.44. The number of nitrogens with zero attached hydrogens (tertiary/aromatic N) is 7. The maximum atomic E-state index is 4.87. The highest BCUT2D eigenvalue weighted by atomic mass is 16.5. The van der Waals surface area contributed by atoms with Crippen LogP contribution in [0.1, 0.15) is 11.5 Å². The van der Waals surface area contributed by atoms with Gasteiger partial charge in [0.15, 0.2) is 11.5 Å². The number of aryl methyl sites for hydroxylation is 1. The molecule has 1 saturated heterocycles. The number of aromatic nitrogens is 5. The summed E-state index contributed by atoms with van der Waals surface area (Å²) in [6.07, 6.45) is 1.61. The van der Waals surface area contributed by atoms with E-state index in [0.29, 0.717) is 6.04 Å². The zero-order valence-corrected chi connectivity index (χ0v) is 12.5. The Kier molecular flexibility index (Phi) is 3.04. The number of fused-ring (bicyclic) bond motifs is 1. The highest BCUT2D eigenvalue weighted by Gasteiger charge is 2.31. The number of likely N-dealkylation sites (N-methyl/N-ethyl adjacent to an activating group) is 1. The highest BCUT2D eigenvalue weighted by Crippen LogP contribution is 2.22. The normalized spacial score (nSPS) is 15.7. The summed E-state index contributed by atoms with van der Waals surface area (Å²) in [5.41, 5.74) is 1.74. The summed E-state index contributed by atoms with van der Waals surface area (Å²) in [7, 11) is 2.11. The van der Waals surface area contributed by atoms with Crippen molar-refractivity contribution < 1.29 is 4.52 Å². The van der Waals surface area contributed by atoms with Crippen LogP contribution >= 0.6 is 0 Å². The first kappa shape index (κ1) is 13.2. The van der Waals surface area contributed by atoms with Crippen molar-refractivity contribution in [1.29, 1.82) is 0 Å². The molecule has 8 heteroatoms. The van der Waals surface area contributed by atoms with Gasteiger partial charge in [-0.2, -0.15) is 4.52 Å². The summed E-state index contributed by atoms with van der Waals surface area (Å²) in [5.74, 6) is 1.76. The van der Waals surface area contributed by atoms with Crippen LogP contribution in [0.3, 0.4) is 0 Å². The molecule has 1 aliphatic rings. The molecule has 0 amide bonds. The van der Waals surface area contributed by atoms with E-state index in [9.17, 15) is 0 Å². The van der Waals surface area contributed by atoms with Crippen LogP contribution in [0.5, 0.6) is 0 Å². The Morgan fingerprint density at radius 3 is 2.91 bits per heavy atom. The molecule has 114 valence electrons. The SMILES string of the molecule is Cc1nnc2ccc(N3CC(N(C)Cc4ccon4)C3)nn12. The van der Waals surface area contributed by atoms with Gasteiger partial charge in [0.05, 0.1) is 5.69 Å². The molecule has 3 aromatic heterocycles. The van der Waals surface area contributed by atoms with E-state index in [1.807, 2.05) is 25.1 Å². The van der Waals surface area contributed by atoms with Crippen molar-refractivity contribution in [2.24, 2.45) is 0 Å². The molecule has 0 bridgehead atoms. The summed E-state index contributed by atoms with van der Waals surface area (Å²) < 4.78 is 6.65. The average Bonchev–Trinajstić information content (AvgIpc) is 3.08. The molecule has 0 radical (unpaired) electrons. The average molecular weight is 299 g/mol. The van der Waals surface area contributed by atoms with Gasteiger partial charge in [-0.3, -0.25) is 4.90 Å². The third kappa shape index (κ3) is 2.21. The molecule has 0 saturated carbocycles. The van der Waals surface area contributed by atoms with Crippen LogP contribution in [0.4, 0.5) is 5.82 Å². The second-order valence-electron chi connectivity index (χ2n) is 5.67. The molecular weight excluding hydrogens is 282 g/mol. The van der Waals surface area contributed by atoms with E-state index in [-0.39, 0.29) is 0 Å². The Morgan fingerprint density at radius 1 is 1.27 bits per heavy atom. The van der Waals surface area contributed by atoms with E-state index in [1.54, 1.807) is 10.8 Å². The Hall–Kier alpha value is -2.48. The molecule has 4 heterocycles. The maximum Gasteiger partial charge on any atom is 0.178 e. The van der Waals surface area contributed by atoms with E-state index in [4.69, 9.17) is 4.52 Å². The van der Waals surface area contributed by atoms with E-state index in [0.717, 1.165) is 42.6 Å². The largest absolute Gasteiger partial charge is 0.364 e. The zero-order valence-electron chi connectivity index (χ0n) is 12.5. The van der Waals surface area contributed by atoms with Crippen LogP contribution in [0.25, 0.3) is 5.65 Å². The van der Waals surface area contributed by atoms with Gasteiger partial charge in [0.25, 0.3) is 0 Å². The van der Waals surface area contributed by atoms with Crippen molar-refractivity contribution in [3.8, 4) is 0 Å². The molecule has 1 fully saturated rings. The second-order valence-corrected chi connectivity index (χ2v) is 5.67. The molecule has 1 aliphatic heterocycles. The van der Waals surface area contributed by atoms with Crippen LogP contribution in [0.2, 0.25) is 0 Å². The second kappa shape index (κ2) is 5.06. The van der Waals surface area contributed by atoms with Crippen LogP contribution in [0.15, 0.2) is 29.0 Å². The molecule has 0 unspecified atom stereocenters. The van der Waals surface area contributed by atoms with Gasteiger partial charge in [-0.05, 0) is 26.1 Å². The maximum absolute atomic E-state index is 4.87. The lowest BCUT2D eigenvalue weighted by molar-refractivity contribution is 0.192. The number of anilines is 1. The van der Waals surface area contributed by atoms with Crippen molar-refractivity contribution >= 4 is 11.5 Å². The van der Waals surface area contributed by atoms with Gasteiger partial charge in [-0.25, -0.2) is 0 Å². The minimum Gasteiger partial charge on any atom is -0.364 e. The first-order chi connectivity index (χ1) is 10.7. The van der Waals surface area contributed by atoms with E-state index >= 15 is 0 Å². The summed E-state index contributed by atoms with van der Waals surface area (Å²) in [4.78, 5) is 4.54. The minimum atomic E-state index is 0.496. The first-order valence-corrected chi connectivity index (χ1v) is 7.24. The summed E-state index contributed by atoms with van der Waals surface area (Å²) in [5, 5.41) is 16.6. The van der Waals surface area contributed by atoms with Crippen LogP contribution in [-0.2, 0) is 6.54 Å². The van der Waals surface area contributed by atoms with Crippen LogP contribution in [-0.4, -0.2) is 56.0 Å². The van der Waals surface area contributed by atoms with E-state index in [2.05, 4.69) is 37.3 Å². The predicted octanol–water partition coefficient (Wildman–Crippen LogP) is 0.741. The molecule has 0 aromatic carbocycles. The van der Waals surface area contributed by atoms with Crippen LogP contribution < -0.4 is 4.90 Å². The fraction of sp³-hybridized carbons (Fsp3) is 0.429. The highest BCUT2D eigenvalue weighted by molar-refractivity contribution is 5.47. The predicted molar refractivity (Wildman–Crippen MR) is 79.5 cm³/mol. The first-order valence-electron chi connectivity index (χ1n) is 7.24. The van der Waals surface area contributed by atoms with Crippen LogP contribution in [0, 0.1) is 6.92 Å². The standard InChI is InChI=1S/C14H17N7O/c1-10-15-16-13-3-4-14(17-21(10)13)20-8-12(9-20)19(2)7-11-5-6-22-18-11/h3-6,12H,7-9H2,1-2H3. The van der Waals surface area contributed by atoms with Gasteiger partial charge < -0.3 is 9.42 Å². The van der Waals surface area contributed by atoms with Gasteiger partial charge in [0.2, 0.25) is 0 Å². The minimum absolute atomic E-state index is 0.496. The van der Waals surface area contributed by atoms with E-state index < -0.39 is 0 Å². The summed E-state index contributed by atoms with van der Waals surface area (Å²) in [6, 6.07) is 6.35. The Labute approximate surface area is 127 Å². The van der Waals surface area contributed by atoms with E-state index in [1.165, 1.54) is 0 Å². The lowest BCUT2D eigenvalue weighted by Crippen LogP contribution is -2.58. The zero-order chi connectivity index (χ0) is 15.1. The van der Waals surface area contributed by atoms with Gasteiger partial charge in [0, 0.05) is 31.7 Å². The Bertz CT molecular complexity index is 776. The number of hydrogen-bond acceptors (Lipinski definition) is 7. The fourth-order valence-electron chi connectivity index (χ4n) is 2.68. The number of rotatable bonds is 4. The van der Waals surface area contributed by atoms with Gasteiger partial charge in [0.1, 0.15) is 12.1 Å². The van der Waals surface area contributed by atoms with Crippen molar-refractivity contribution in [1.82, 2.24) is 29.9 Å². The summed E-state index contributed by atoms with van der Waals surface area (Å²) in [6.45, 7) is 4.61. The monoisotopic (exact) mass is 299 g/mol. The molecular formula is C14H17N7O. The lowest BCUT2D eigenvalue weighted by atomic mass is 10.1. The van der Waals surface area contributed by atoms with Crippen molar-refractivity contribution in [2.75, 3.05) is 25.0 Å². The van der Waals surface area contributed by atoms with Crippen molar-refractivity contribution in [2.45, 2.75) is 19.5 Å². The Balaban J connectivity index is 1.42. The molecule has 22 heavy (non-hydrogen) atoms. The van der Waals surface area contributed by atoms with Gasteiger partial charge in [-0.15, -0.1) is 15.3 Å². The molecule has 0 N–H and O–H groups in total. The Morgan fingerprint density at radius 2 is 2.14 bits per heavy atom. The van der Waals surface area contributed by atoms with Crippen molar-refractivity contribution in [3.05, 3.63) is 36.0 Å². The summed E-state index contributed by atoms with van der Waals surface area (Å²) >= 11 is 0. The fourth-order valence-corrected chi connectivity index (χ4v) is 2.68. The quantitative estimate of drug-likeness (QED) is 0.703.